The van der Waals surface area contributed by atoms with Gasteiger partial charge in [0.25, 0.3) is 0 Å². The van der Waals surface area contributed by atoms with Gasteiger partial charge in [-0.3, -0.25) is 9.89 Å². The molecule has 0 aliphatic carbocycles. The number of H-pyrrole nitrogens is 1. The van der Waals surface area contributed by atoms with Gasteiger partial charge in [0, 0.05) is 11.5 Å². The van der Waals surface area contributed by atoms with E-state index in [4.69, 9.17) is 0 Å². The second-order valence-electron chi connectivity index (χ2n) is 5.17. The summed E-state index contributed by atoms with van der Waals surface area (Å²) >= 11 is 1.37. The van der Waals surface area contributed by atoms with E-state index in [2.05, 4.69) is 29.0 Å². The van der Waals surface area contributed by atoms with Gasteiger partial charge in [0.15, 0.2) is 5.78 Å². The van der Waals surface area contributed by atoms with E-state index < -0.39 is 0 Å². The number of nitrogens with one attached hydrogen (secondary N) is 1. The van der Waals surface area contributed by atoms with Crippen LogP contribution >= 0.6 is 11.8 Å². The van der Waals surface area contributed by atoms with Crippen molar-refractivity contribution in [2.75, 3.05) is 5.75 Å². The number of aromatic nitrogens is 3. The number of carbonyl (C=O) groups excluding carboxylic acids is 1. The zero-order chi connectivity index (χ0) is 14.7. The SMILES string of the molecule is Cc1ccc(C(=O)CSc2n[nH]c(C(C)C)n2)cc1C. The first-order valence-electron chi connectivity index (χ1n) is 6.63. The van der Waals surface area contributed by atoms with E-state index in [9.17, 15) is 4.79 Å². The van der Waals surface area contributed by atoms with E-state index in [0.29, 0.717) is 16.8 Å². The van der Waals surface area contributed by atoms with Crippen LogP contribution in [0.5, 0.6) is 0 Å². The highest BCUT2D eigenvalue weighted by Gasteiger charge is 2.11. The van der Waals surface area contributed by atoms with Crippen molar-refractivity contribution in [3.8, 4) is 0 Å². The van der Waals surface area contributed by atoms with Crippen LogP contribution in [-0.2, 0) is 0 Å². The predicted octanol–water partition coefficient (Wildman–Crippen LogP) is 3.52. The van der Waals surface area contributed by atoms with E-state index in [-0.39, 0.29) is 5.78 Å². The van der Waals surface area contributed by atoms with Crippen LogP contribution in [0.3, 0.4) is 0 Å². The summed E-state index contributed by atoms with van der Waals surface area (Å²) in [7, 11) is 0. The fraction of sp³-hybridized carbons (Fsp3) is 0.400. The quantitative estimate of drug-likeness (QED) is 0.676. The molecule has 2 rings (SSSR count). The summed E-state index contributed by atoms with van der Waals surface area (Å²) in [6.45, 7) is 8.16. The Morgan fingerprint density at radius 2 is 2.05 bits per heavy atom. The zero-order valence-corrected chi connectivity index (χ0v) is 13.0. The van der Waals surface area contributed by atoms with Gasteiger partial charge >= 0.3 is 0 Å². The molecule has 4 nitrogen and oxygen atoms in total. The molecule has 0 atom stereocenters. The smallest absolute Gasteiger partial charge is 0.208 e. The van der Waals surface area contributed by atoms with Crippen molar-refractivity contribution in [2.45, 2.75) is 38.8 Å². The number of carbonyl (C=O) groups is 1. The monoisotopic (exact) mass is 289 g/mol. The van der Waals surface area contributed by atoms with Gasteiger partial charge in [0.2, 0.25) is 5.16 Å². The molecule has 1 heterocycles. The molecule has 0 saturated heterocycles. The Labute approximate surface area is 123 Å². The number of hydrogen-bond acceptors (Lipinski definition) is 4. The first-order chi connectivity index (χ1) is 9.47. The molecule has 5 heteroatoms. The molecule has 0 fully saturated rings. The van der Waals surface area contributed by atoms with Gasteiger partial charge in [-0.15, -0.1) is 5.10 Å². The largest absolute Gasteiger partial charge is 0.293 e. The van der Waals surface area contributed by atoms with E-state index in [1.807, 2.05) is 32.0 Å². The highest BCUT2D eigenvalue weighted by molar-refractivity contribution is 7.99. The van der Waals surface area contributed by atoms with Crippen molar-refractivity contribution >= 4 is 17.5 Å². The van der Waals surface area contributed by atoms with Crippen LogP contribution in [0.2, 0.25) is 0 Å². The minimum absolute atomic E-state index is 0.106. The highest BCUT2D eigenvalue weighted by atomic mass is 32.2. The number of ketones is 1. The molecule has 0 saturated carbocycles. The molecule has 0 bridgehead atoms. The van der Waals surface area contributed by atoms with Crippen molar-refractivity contribution in [2.24, 2.45) is 0 Å². The van der Waals surface area contributed by atoms with Crippen LogP contribution in [-0.4, -0.2) is 26.7 Å². The van der Waals surface area contributed by atoms with Crippen molar-refractivity contribution < 1.29 is 4.79 Å². The van der Waals surface area contributed by atoms with Crippen molar-refractivity contribution in [1.29, 1.82) is 0 Å². The predicted molar refractivity (Wildman–Crippen MR) is 81.4 cm³/mol. The van der Waals surface area contributed by atoms with E-state index in [1.165, 1.54) is 17.3 Å². The number of hydrogen-bond donors (Lipinski definition) is 1. The average Bonchev–Trinajstić information content (AvgIpc) is 2.88. The third kappa shape index (κ3) is 3.48. The minimum atomic E-state index is 0.106. The number of rotatable bonds is 5. The lowest BCUT2D eigenvalue weighted by molar-refractivity contribution is 0.102. The molecule has 0 radical (unpaired) electrons. The van der Waals surface area contributed by atoms with Gasteiger partial charge < -0.3 is 0 Å². The molecule has 1 aromatic carbocycles. The highest BCUT2D eigenvalue weighted by Crippen LogP contribution is 2.18. The van der Waals surface area contributed by atoms with Crippen LogP contribution in [0, 0.1) is 13.8 Å². The van der Waals surface area contributed by atoms with E-state index in [1.54, 1.807) is 0 Å². The Balaban J connectivity index is 1.99. The summed E-state index contributed by atoms with van der Waals surface area (Å²) in [6, 6.07) is 5.80. The number of aryl methyl sites for hydroxylation is 2. The molecule has 0 aliphatic heterocycles. The molecule has 0 aliphatic rings. The first-order valence-corrected chi connectivity index (χ1v) is 7.61. The number of aromatic amines is 1. The van der Waals surface area contributed by atoms with Gasteiger partial charge in [-0.05, 0) is 31.0 Å². The fourth-order valence-corrected chi connectivity index (χ4v) is 2.41. The van der Waals surface area contributed by atoms with Gasteiger partial charge in [-0.25, -0.2) is 4.98 Å². The molecular formula is C15H19N3OS. The Kier molecular flexibility index (Phi) is 4.60. The lowest BCUT2D eigenvalue weighted by Crippen LogP contribution is -2.03. The summed E-state index contributed by atoms with van der Waals surface area (Å²) in [5.41, 5.74) is 3.09. The summed E-state index contributed by atoms with van der Waals surface area (Å²) in [4.78, 5) is 16.5. The second-order valence-corrected chi connectivity index (χ2v) is 6.11. The molecule has 20 heavy (non-hydrogen) atoms. The molecule has 106 valence electrons. The van der Waals surface area contributed by atoms with E-state index in [0.717, 1.165) is 17.0 Å². The number of Topliss-reactive ketones (excluding diaryl/α,β-unsaturated/α-hetero) is 1. The Morgan fingerprint density at radius 3 is 2.65 bits per heavy atom. The van der Waals surface area contributed by atoms with Crippen LogP contribution < -0.4 is 0 Å². The Hall–Kier alpha value is -1.62. The van der Waals surface area contributed by atoms with Crippen molar-refractivity contribution in [1.82, 2.24) is 15.2 Å². The van der Waals surface area contributed by atoms with Crippen molar-refractivity contribution in [3.63, 3.8) is 0 Å². The first kappa shape index (κ1) is 14.8. The Morgan fingerprint density at radius 1 is 1.30 bits per heavy atom. The normalized spacial score (nSPS) is 11.1. The number of thioether (sulfide) groups is 1. The van der Waals surface area contributed by atoms with E-state index >= 15 is 0 Å². The third-order valence-electron chi connectivity index (χ3n) is 3.19. The average molecular weight is 289 g/mol. The molecule has 2 aromatic rings. The maximum Gasteiger partial charge on any atom is 0.208 e. The third-order valence-corrected chi connectivity index (χ3v) is 4.04. The van der Waals surface area contributed by atoms with Gasteiger partial charge in [0.05, 0.1) is 5.75 Å². The minimum Gasteiger partial charge on any atom is -0.293 e. The molecule has 0 amide bonds. The van der Waals surface area contributed by atoms with Crippen LogP contribution in [0.1, 0.15) is 47.1 Å². The van der Waals surface area contributed by atoms with Crippen LogP contribution in [0.4, 0.5) is 0 Å². The van der Waals surface area contributed by atoms with Crippen molar-refractivity contribution in [3.05, 3.63) is 40.7 Å². The topological polar surface area (TPSA) is 58.6 Å². The van der Waals surface area contributed by atoms with Crippen LogP contribution in [0.25, 0.3) is 0 Å². The standard InChI is InChI=1S/C15H19N3OS/c1-9(2)14-16-15(18-17-14)20-8-13(19)12-6-5-10(3)11(4)7-12/h5-7,9H,8H2,1-4H3,(H,16,17,18). The van der Waals surface area contributed by atoms with Gasteiger partial charge in [-0.1, -0.05) is 37.7 Å². The summed E-state index contributed by atoms with van der Waals surface area (Å²) < 4.78 is 0. The summed E-state index contributed by atoms with van der Waals surface area (Å²) in [5.74, 6) is 1.63. The molecule has 1 N–H and O–H groups in total. The van der Waals surface area contributed by atoms with Gasteiger partial charge in [-0.2, -0.15) is 0 Å². The Bertz CT molecular complexity index is 619. The zero-order valence-electron chi connectivity index (χ0n) is 12.2. The number of benzene rings is 1. The fourth-order valence-electron chi connectivity index (χ4n) is 1.71. The maximum absolute atomic E-state index is 12.1. The number of nitrogens with zero attached hydrogens (tertiary/aromatic N) is 2. The second kappa shape index (κ2) is 6.22. The molecule has 0 unspecified atom stereocenters. The van der Waals surface area contributed by atoms with Gasteiger partial charge in [0.1, 0.15) is 5.82 Å². The maximum atomic E-state index is 12.1. The lowest BCUT2D eigenvalue weighted by atomic mass is 10.0. The molecule has 1 aromatic heterocycles. The summed E-state index contributed by atoms with van der Waals surface area (Å²) in [5, 5.41) is 7.63. The van der Waals surface area contributed by atoms with Crippen LogP contribution in [0.15, 0.2) is 23.4 Å². The summed E-state index contributed by atoms with van der Waals surface area (Å²) in [6.07, 6.45) is 0. The molecular weight excluding hydrogens is 270 g/mol. The molecule has 0 spiro atoms. The lowest BCUT2D eigenvalue weighted by Gasteiger charge is -2.03.